The average Bonchev–Trinajstić information content (AvgIpc) is 2.63. The van der Waals surface area contributed by atoms with Gasteiger partial charge in [0.15, 0.2) is 17.5 Å². The van der Waals surface area contributed by atoms with Crippen molar-refractivity contribution >= 4 is 11.6 Å². The van der Waals surface area contributed by atoms with Crippen LogP contribution in [0.15, 0.2) is 66.7 Å². The number of amides is 1. The zero-order valence-corrected chi connectivity index (χ0v) is 12.8. The second-order valence-corrected chi connectivity index (χ2v) is 5.12. The van der Waals surface area contributed by atoms with Gasteiger partial charge in [0.05, 0.1) is 5.69 Å². The van der Waals surface area contributed by atoms with Gasteiger partial charge in [-0.15, -0.1) is 0 Å². The predicted octanol–water partition coefficient (Wildman–Crippen LogP) is 5.15. The zero-order valence-electron chi connectivity index (χ0n) is 12.8. The Morgan fingerprint density at radius 3 is 2.28 bits per heavy atom. The first-order valence-electron chi connectivity index (χ1n) is 7.32. The Morgan fingerprint density at radius 2 is 1.52 bits per heavy atom. The van der Waals surface area contributed by atoms with Crippen LogP contribution >= 0.6 is 0 Å². The first-order valence-corrected chi connectivity index (χ1v) is 7.32. The van der Waals surface area contributed by atoms with Crippen LogP contribution in [0.5, 0.6) is 11.5 Å². The number of carbonyl (C=O) groups excluding carboxylic acids is 1. The van der Waals surface area contributed by atoms with E-state index in [0.717, 1.165) is 12.1 Å². The summed E-state index contributed by atoms with van der Waals surface area (Å²) in [6.07, 6.45) is 0. The van der Waals surface area contributed by atoms with Gasteiger partial charge in [0.2, 0.25) is 0 Å². The number of nitrogens with one attached hydrogen (secondary N) is 1. The van der Waals surface area contributed by atoms with Crippen molar-refractivity contribution in [3.05, 3.63) is 89.7 Å². The fourth-order valence-electron chi connectivity index (χ4n) is 2.14. The summed E-state index contributed by atoms with van der Waals surface area (Å²) in [5.74, 6) is -4.10. The molecule has 0 spiro atoms. The predicted molar refractivity (Wildman–Crippen MR) is 87.2 cm³/mol. The summed E-state index contributed by atoms with van der Waals surface area (Å²) >= 11 is 0. The van der Waals surface area contributed by atoms with E-state index in [0.29, 0.717) is 11.5 Å². The van der Waals surface area contributed by atoms with Crippen molar-refractivity contribution in [2.75, 3.05) is 5.32 Å². The lowest BCUT2D eigenvalue weighted by Gasteiger charge is -2.09. The number of hydrogen-bond donors (Lipinski definition) is 1. The molecule has 0 aliphatic rings. The van der Waals surface area contributed by atoms with Gasteiger partial charge in [0.1, 0.15) is 11.5 Å². The normalized spacial score (nSPS) is 10.4. The summed E-state index contributed by atoms with van der Waals surface area (Å²) in [6.45, 7) is 0. The van der Waals surface area contributed by atoms with E-state index < -0.39 is 29.0 Å². The van der Waals surface area contributed by atoms with Gasteiger partial charge in [-0.25, -0.2) is 13.2 Å². The van der Waals surface area contributed by atoms with Gasteiger partial charge in [0.25, 0.3) is 5.91 Å². The number of ether oxygens (including phenoxy) is 1. The molecule has 0 aliphatic heterocycles. The molecule has 3 nitrogen and oxygen atoms in total. The second kappa shape index (κ2) is 7.09. The summed E-state index contributed by atoms with van der Waals surface area (Å²) in [5, 5.41) is 2.21. The van der Waals surface area contributed by atoms with E-state index in [1.165, 1.54) is 12.1 Å². The smallest absolute Gasteiger partial charge is 0.255 e. The van der Waals surface area contributed by atoms with E-state index in [1.54, 1.807) is 36.4 Å². The lowest BCUT2D eigenvalue weighted by atomic mass is 10.2. The summed E-state index contributed by atoms with van der Waals surface area (Å²) in [4.78, 5) is 12.2. The molecule has 0 saturated heterocycles. The molecule has 3 aromatic carbocycles. The Balaban J connectivity index is 1.79. The Kier molecular flexibility index (Phi) is 4.70. The summed E-state index contributed by atoms with van der Waals surface area (Å²) in [7, 11) is 0. The van der Waals surface area contributed by atoms with E-state index in [1.807, 2.05) is 6.07 Å². The van der Waals surface area contributed by atoms with Crippen LogP contribution in [0.4, 0.5) is 18.9 Å². The number of anilines is 1. The molecular weight excluding hydrogens is 331 g/mol. The van der Waals surface area contributed by atoms with E-state index in [9.17, 15) is 18.0 Å². The number of carbonyl (C=O) groups is 1. The van der Waals surface area contributed by atoms with Gasteiger partial charge in [-0.3, -0.25) is 4.79 Å². The van der Waals surface area contributed by atoms with E-state index in [4.69, 9.17) is 4.74 Å². The molecule has 0 atom stereocenters. The van der Waals surface area contributed by atoms with Gasteiger partial charge < -0.3 is 10.1 Å². The second-order valence-electron chi connectivity index (χ2n) is 5.12. The summed E-state index contributed by atoms with van der Waals surface area (Å²) < 4.78 is 45.4. The molecule has 1 N–H and O–H groups in total. The van der Waals surface area contributed by atoms with Gasteiger partial charge in [-0.2, -0.15) is 0 Å². The van der Waals surface area contributed by atoms with Crippen LogP contribution in [0.1, 0.15) is 10.4 Å². The third-order valence-corrected chi connectivity index (χ3v) is 3.36. The zero-order chi connectivity index (χ0) is 17.8. The van der Waals surface area contributed by atoms with E-state index >= 15 is 0 Å². The summed E-state index contributed by atoms with van der Waals surface area (Å²) in [5.41, 5.74) is -0.268. The molecular formula is C19H12F3NO2. The SMILES string of the molecule is O=C(Nc1ccc(F)c(F)c1F)c1cccc(Oc2ccccc2)c1. The van der Waals surface area contributed by atoms with Crippen LogP contribution < -0.4 is 10.1 Å². The molecule has 0 bridgehead atoms. The van der Waals surface area contributed by atoms with Crippen molar-refractivity contribution in [2.24, 2.45) is 0 Å². The number of para-hydroxylation sites is 1. The number of halogens is 3. The number of benzene rings is 3. The number of hydrogen-bond acceptors (Lipinski definition) is 2. The summed E-state index contributed by atoms with van der Waals surface area (Å²) in [6, 6.07) is 16.8. The van der Waals surface area contributed by atoms with Gasteiger partial charge in [-0.05, 0) is 42.5 Å². The fraction of sp³-hybridized carbons (Fsp3) is 0. The minimum Gasteiger partial charge on any atom is -0.457 e. The first kappa shape index (κ1) is 16.6. The molecule has 126 valence electrons. The molecule has 0 aliphatic carbocycles. The first-order chi connectivity index (χ1) is 12.0. The van der Waals surface area contributed by atoms with Gasteiger partial charge >= 0.3 is 0 Å². The van der Waals surface area contributed by atoms with Crippen molar-refractivity contribution in [1.82, 2.24) is 0 Å². The Morgan fingerprint density at radius 1 is 0.800 bits per heavy atom. The quantitative estimate of drug-likeness (QED) is 0.666. The standard InChI is InChI=1S/C19H12F3NO2/c20-15-9-10-16(18(22)17(15)21)23-19(24)12-5-4-8-14(11-12)25-13-6-2-1-3-7-13/h1-11H,(H,23,24). The third-order valence-electron chi connectivity index (χ3n) is 3.36. The fourth-order valence-corrected chi connectivity index (χ4v) is 2.14. The maximum Gasteiger partial charge on any atom is 0.255 e. The highest BCUT2D eigenvalue weighted by Crippen LogP contribution is 2.23. The molecule has 1 amide bonds. The monoisotopic (exact) mass is 343 g/mol. The lowest BCUT2D eigenvalue weighted by Crippen LogP contribution is -2.14. The van der Waals surface area contributed by atoms with Gasteiger partial charge in [0, 0.05) is 5.56 Å². The lowest BCUT2D eigenvalue weighted by molar-refractivity contribution is 0.102. The molecule has 0 heterocycles. The molecule has 0 unspecified atom stereocenters. The van der Waals surface area contributed by atoms with E-state index in [2.05, 4.69) is 5.32 Å². The highest BCUT2D eigenvalue weighted by molar-refractivity contribution is 6.04. The maximum atomic E-state index is 13.7. The molecule has 0 radical (unpaired) electrons. The minimum atomic E-state index is -1.64. The maximum absolute atomic E-state index is 13.7. The molecule has 3 aromatic rings. The van der Waals surface area contributed by atoms with Gasteiger partial charge in [-0.1, -0.05) is 24.3 Å². The minimum absolute atomic E-state index is 0.178. The van der Waals surface area contributed by atoms with Crippen molar-refractivity contribution in [1.29, 1.82) is 0 Å². The van der Waals surface area contributed by atoms with Crippen LogP contribution in [-0.4, -0.2) is 5.91 Å². The Hall–Kier alpha value is -3.28. The van der Waals surface area contributed by atoms with Crippen molar-refractivity contribution in [2.45, 2.75) is 0 Å². The molecule has 3 rings (SSSR count). The topological polar surface area (TPSA) is 38.3 Å². The van der Waals surface area contributed by atoms with E-state index in [-0.39, 0.29) is 5.56 Å². The Labute approximate surface area is 141 Å². The average molecular weight is 343 g/mol. The molecule has 0 saturated carbocycles. The largest absolute Gasteiger partial charge is 0.457 e. The van der Waals surface area contributed by atoms with Crippen LogP contribution in [0.3, 0.4) is 0 Å². The highest BCUT2D eigenvalue weighted by atomic mass is 19.2. The third kappa shape index (κ3) is 3.80. The molecule has 0 fully saturated rings. The molecule has 0 aromatic heterocycles. The molecule has 25 heavy (non-hydrogen) atoms. The van der Waals surface area contributed by atoms with Crippen LogP contribution in [0.25, 0.3) is 0 Å². The van der Waals surface area contributed by atoms with Crippen LogP contribution in [0.2, 0.25) is 0 Å². The number of rotatable bonds is 4. The van der Waals surface area contributed by atoms with Crippen LogP contribution in [-0.2, 0) is 0 Å². The molecule has 6 heteroatoms. The van der Waals surface area contributed by atoms with Crippen molar-refractivity contribution in [3.63, 3.8) is 0 Å². The Bertz CT molecular complexity index is 914. The van der Waals surface area contributed by atoms with Crippen LogP contribution in [0, 0.1) is 17.5 Å². The van der Waals surface area contributed by atoms with Crippen molar-refractivity contribution in [3.8, 4) is 11.5 Å². The highest BCUT2D eigenvalue weighted by Gasteiger charge is 2.16. The van der Waals surface area contributed by atoms with Crippen molar-refractivity contribution < 1.29 is 22.7 Å².